The molecule has 0 atom stereocenters. The van der Waals surface area contributed by atoms with E-state index < -0.39 is 0 Å². The molecule has 0 fully saturated rings. The summed E-state index contributed by atoms with van der Waals surface area (Å²) in [6.45, 7) is 8.68. The van der Waals surface area contributed by atoms with Crippen LogP contribution in [-0.4, -0.2) is 0 Å². The first kappa shape index (κ1) is 7.17. The van der Waals surface area contributed by atoms with Crippen LogP contribution < -0.4 is 0 Å². The molecule has 0 saturated carbocycles. The van der Waals surface area contributed by atoms with Crippen LogP contribution in [0.25, 0.3) is 4.85 Å². The van der Waals surface area contributed by atoms with E-state index in [0.29, 0.717) is 11.8 Å². The van der Waals surface area contributed by atoms with Crippen molar-refractivity contribution in [1.82, 2.24) is 0 Å². The fraction of sp³-hybridized carbons (Fsp3) is 0.286. The highest BCUT2D eigenvalue weighted by atomic mass is 35.5. The van der Waals surface area contributed by atoms with E-state index in [-0.39, 0.29) is 0 Å². The topological polar surface area (TPSA) is 17.5 Å². The second-order valence-corrected chi connectivity index (χ2v) is 2.32. The zero-order chi connectivity index (χ0) is 7.56. The third kappa shape index (κ3) is 1.31. The van der Waals surface area contributed by atoms with Crippen LogP contribution in [0, 0.1) is 13.5 Å². The van der Waals surface area contributed by atoms with Crippen LogP contribution in [0.2, 0.25) is 5.22 Å². The molecule has 1 rings (SSSR count). The van der Waals surface area contributed by atoms with Gasteiger partial charge in [0.2, 0.25) is 11.8 Å². The van der Waals surface area contributed by atoms with E-state index in [2.05, 4.69) is 4.85 Å². The van der Waals surface area contributed by atoms with Gasteiger partial charge in [0.15, 0.2) is 0 Å². The number of aryl methyl sites for hydroxylation is 1. The fourth-order valence-corrected chi connectivity index (χ4v) is 0.967. The number of rotatable bonds is 1. The van der Waals surface area contributed by atoms with E-state index in [9.17, 15) is 0 Å². The molecular weight excluding hydrogens is 150 g/mol. The first-order chi connectivity index (χ1) is 4.74. The van der Waals surface area contributed by atoms with Gasteiger partial charge >= 0.3 is 0 Å². The number of furan rings is 1. The highest BCUT2D eigenvalue weighted by Crippen LogP contribution is 2.20. The first-order valence-electron chi connectivity index (χ1n) is 2.82. The highest BCUT2D eigenvalue weighted by molar-refractivity contribution is 6.29. The Morgan fingerprint density at radius 2 is 2.50 bits per heavy atom. The molecule has 0 unspecified atom stereocenters. The standard InChI is InChI=1S/C7H6ClNO/c1-5-3-6(4-9-2)7(8)10-5/h3H,4H2,1H3. The van der Waals surface area contributed by atoms with Crippen molar-refractivity contribution in [2.75, 3.05) is 0 Å². The van der Waals surface area contributed by atoms with Gasteiger partial charge in [0.05, 0.1) is 5.56 Å². The summed E-state index contributed by atoms with van der Waals surface area (Å²) in [7, 11) is 0. The second-order valence-electron chi connectivity index (χ2n) is 1.97. The maximum Gasteiger partial charge on any atom is 0.244 e. The molecule has 1 aromatic heterocycles. The predicted molar refractivity (Wildman–Crippen MR) is 38.8 cm³/mol. The Bertz CT molecular complexity index is 272. The minimum absolute atomic E-state index is 0.302. The van der Waals surface area contributed by atoms with Crippen LogP contribution >= 0.6 is 11.6 Å². The second kappa shape index (κ2) is 2.76. The van der Waals surface area contributed by atoms with Gasteiger partial charge in [-0.15, -0.1) is 0 Å². The van der Waals surface area contributed by atoms with Crippen LogP contribution in [0.15, 0.2) is 10.5 Å². The average Bonchev–Trinajstić information content (AvgIpc) is 2.13. The van der Waals surface area contributed by atoms with Gasteiger partial charge in [-0.05, 0) is 24.6 Å². The molecule has 3 heteroatoms. The van der Waals surface area contributed by atoms with Crippen LogP contribution in [0.3, 0.4) is 0 Å². The van der Waals surface area contributed by atoms with Gasteiger partial charge in [-0.3, -0.25) is 0 Å². The lowest BCUT2D eigenvalue weighted by molar-refractivity contribution is 0.534. The molecule has 1 heterocycles. The molecule has 0 aliphatic heterocycles. The van der Waals surface area contributed by atoms with E-state index in [1.165, 1.54) is 0 Å². The van der Waals surface area contributed by atoms with Crippen molar-refractivity contribution >= 4 is 11.6 Å². The molecule has 0 amide bonds. The number of halogens is 1. The van der Waals surface area contributed by atoms with Crippen LogP contribution in [-0.2, 0) is 6.54 Å². The minimum Gasteiger partial charge on any atom is -0.449 e. The largest absolute Gasteiger partial charge is 0.449 e. The Hall–Kier alpha value is -0.940. The van der Waals surface area contributed by atoms with E-state index in [0.717, 1.165) is 11.3 Å². The van der Waals surface area contributed by atoms with E-state index in [4.69, 9.17) is 22.6 Å². The zero-order valence-electron chi connectivity index (χ0n) is 5.52. The molecule has 1 aromatic rings. The molecule has 52 valence electrons. The number of hydrogen-bond acceptors (Lipinski definition) is 1. The Balaban J connectivity index is 2.94. The molecule has 0 saturated heterocycles. The Morgan fingerprint density at radius 3 is 2.90 bits per heavy atom. The van der Waals surface area contributed by atoms with Gasteiger partial charge in [-0.2, -0.15) is 0 Å². The molecule has 0 N–H and O–H groups in total. The Labute approximate surface area is 64.2 Å². The summed E-state index contributed by atoms with van der Waals surface area (Å²) >= 11 is 5.61. The molecule has 2 nitrogen and oxygen atoms in total. The Morgan fingerprint density at radius 1 is 1.80 bits per heavy atom. The van der Waals surface area contributed by atoms with Crippen molar-refractivity contribution in [3.63, 3.8) is 0 Å². The van der Waals surface area contributed by atoms with Gasteiger partial charge in [-0.25, -0.2) is 6.57 Å². The first-order valence-corrected chi connectivity index (χ1v) is 3.20. The monoisotopic (exact) mass is 155 g/mol. The van der Waals surface area contributed by atoms with Crippen molar-refractivity contribution in [3.8, 4) is 0 Å². The number of hydrogen-bond donors (Lipinski definition) is 0. The number of nitrogens with zero attached hydrogens (tertiary/aromatic N) is 1. The normalized spacial score (nSPS) is 9.30. The van der Waals surface area contributed by atoms with Crippen molar-refractivity contribution < 1.29 is 4.42 Å². The summed E-state index contributed by atoms with van der Waals surface area (Å²) in [5, 5.41) is 0.341. The third-order valence-electron chi connectivity index (χ3n) is 1.13. The summed E-state index contributed by atoms with van der Waals surface area (Å²) in [5.41, 5.74) is 0.772. The van der Waals surface area contributed by atoms with Crippen LogP contribution in [0.4, 0.5) is 0 Å². The maximum absolute atomic E-state index is 6.57. The quantitative estimate of drug-likeness (QED) is 0.570. The van der Waals surface area contributed by atoms with E-state index in [1.54, 1.807) is 13.0 Å². The summed E-state index contributed by atoms with van der Waals surface area (Å²) in [4.78, 5) is 3.19. The smallest absolute Gasteiger partial charge is 0.244 e. The highest BCUT2D eigenvalue weighted by Gasteiger charge is 2.07. The molecule has 0 aromatic carbocycles. The molecule has 0 aliphatic carbocycles. The van der Waals surface area contributed by atoms with Crippen molar-refractivity contribution in [2.24, 2.45) is 0 Å². The van der Waals surface area contributed by atoms with Gasteiger partial charge < -0.3 is 9.26 Å². The lowest BCUT2D eigenvalue weighted by Gasteiger charge is -1.80. The Kier molecular flexibility index (Phi) is 1.98. The van der Waals surface area contributed by atoms with E-state index in [1.807, 2.05) is 0 Å². The SMILES string of the molecule is [C-]#[N+]Cc1cc(C)oc1Cl. The molecule has 0 aliphatic rings. The van der Waals surface area contributed by atoms with Crippen molar-refractivity contribution in [3.05, 3.63) is 34.0 Å². The van der Waals surface area contributed by atoms with Crippen LogP contribution in [0.1, 0.15) is 11.3 Å². The minimum atomic E-state index is 0.302. The van der Waals surface area contributed by atoms with E-state index >= 15 is 0 Å². The molecular formula is C7H6ClNO. The van der Waals surface area contributed by atoms with Gasteiger partial charge in [-0.1, -0.05) is 0 Å². The average molecular weight is 156 g/mol. The lowest BCUT2D eigenvalue weighted by atomic mass is 10.3. The summed E-state index contributed by atoms with van der Waals surface area (Å²) in [5.74, 6) is 0.753. The van der Waals surface area contributed by atoms with Gasteiger partial charge in [0.1, 0.15) is 5.76 Å². The molecule has 10 heavy (non-hydrogen) atoms. The summed E-state index contributed by atoms with van der Waals surface area (Å²) in [6.07, 6.45) is 0. The van der Waals surface area contributed by atoms with Crippen molar-refractivity contribution in [1.29, 1.82) is 0 Å². The van der Waals surface area contributed by atoms with Gasteiger partial charge in [0.25, 0.3) is 0 Å². The van der Waals surface area contributed by atoms with Gasteiger partial charge in [0, 0.05) is 0 Å². The maximum atomic E-state index is 6.57. The van der Waals surface area contributed by atoms with Crippen molar-refractivity contribution in [2.45, 2.75) is 13.5 Å². The lowest BCUT2D eigenvalue weighted by Crippen LogP contribution is -1.71. The molecule has 0 bridgehead atoms. The van der Waals surface area contributed by atoms with Crippen LogP contribution in [0.5, 0.6) is 0 Å². The molecule has 0 radical (unpaired) electrons. The predicted octanol–water partition coefficient (Wildman–Crippen LogP) is 2.66. The summed E-state index contributed by atoms with van der Waals surface area (Å²) in [6, 6.07) is 1.78. The zero-order valence-corrected chi connectivity index (χ0v) is 6.27. The third-order valence-corrected chi connectivity index (χ3v) is 1.45. The molecule has 0 spiro atoms. The fourth-order valence-electron chi connectivity index (χ4n) is 0.731. The summed E-state index contributed by atoms with van der Waals surface area (Å²) < 4.78 is 4.99.